The molecule has 0 aliphatic rings. The lowest BCUT2D eigenvalue weighted by atomic mass is 10.1. The molecule has 0 atom stereocenters. The number of ether oxygens (including phenoxy) is 1. The fraction of sp³-hybridized carbons (Fsp3) is 0.0526. The van der Waals surface area contributed by atoms with Crippen molar-refractivity contribution >= 4 is 21.7 Å². The summed E-state index contributed by atoms with van der Waals surface area (Å²) in [6, 6.07) is 7.37. The highest BCUT2D eigenvalue weighted by Crippen LogP contribution is 2.24. The predicted octanol–water partition coefficient (Wildman–Crippen LogP) is 2.55. The highest BCUT2D eigenvalue weighted by Gasteiger charge is 2.19. The van der Waals surface area contributed by atoms with Crippen molar-refractivity contribution in [3.63, 3.8) is 0 Å². The van der Waals surface area contributed by atoms with Crippen LogP contribution in [0.15, 0.2) is 53.7 Å². The molecule has 10 heteroatoms. The van der Waals surface area contributed by atoms with Gasteiger partial charge < -0.3 is 10.5 Å². The van der Waals surface area contributed by atoms with Gasteiger partial charge in [0.05, 0.1) is 28.8 Å². The number of anilines is 2. The Labute approximate surface area is 165 Å². The molecule has 2 aromatic carbocycles. The molecule has 1 aromatic heterocycles. The zero-order chi connectivity index (χ0) is 21.0. The third kappa shape index (κ3) is 4.59. The SMILES string of the molecule is COc1ccc(S(=O)(=O)Nc2ccc(F)c(C#Cc3cnc(N)nc3)c2F)cc1. The van der Waals surface area contributed by atoms with Crippen LogP contribution < -0.4 is 15.2 Å². The van der Waals surface area contributed by atoms with Crippen LogP contribution in [-0.2, 0) is 10.0 Å². The number of sulfonamides is 1. The van der Waals surface area contributed by atoms with Crippen LogP contribution >= 0.6 is 0 Å². The zero-order valence-electron chi connectivity index (χ0n) is 15.0. The number of halogens is 2. The lowest BCUT2D eigenvalue weighted by Gasteiger charge is -2.10. The summed E-state index contributed by atoms with van der Waals surface area (Å²) in [5.74, 6) is 3.23. The Morgan fingerprint density at radius 3 is 2.31 bits per heavy atom. The lowest BCUT2D eigenvalue weighted by molar-refractivity contribution is 0.414. The number of rotatable bonds is 4. The van der Waals surface area contributed by atoms with Crippen LogP contribution in [0.4, 0.5) is 20.4 Å². The maximum Gasteiger partial charge on any atom is 0.261 e. The number of benzene rings is 2. The van der Waals surface area contributed by atoms with Gasteiger partial charge in [-0.15, -0.1) is 0 Å². The number of methoxy groups -OCH3 is 1. The van der Waals surface area contributed by atoms with Crippen molar-refractivity contribution in [3.05, 3.63) is 71.6 Å². The number of nitrogens with two attached hydrogens (primary N) is 1. The van der Waals surface area contributed by atoms with Gasteiger partial charge >= 0.3 is 0 Å². The summed E-state index contributed by atoms with van der Waals surface area (Å²) >= 11 is 0. The Morgan fingerprint density at radius 2 is 1.69 bits per heavy atom. The third-order valence-corrected chi connectivity index (χ3v) is 5.09. The van der Waals surface area contributed by atoms with Gasteiger partial charge in [-0.1, -0.05) is 11.8 Å². The second kappa shape index (κ2) is 8.12. The third-order valence-electron chi connectivity index (χ3n) is 3.71. The van der Waals surface area contributed by atoms with Crippen molar-refractivity contribution in [1.29, 1.82) is 0 Å². The second-order valence-electron chi connectivity index (χ2n) is 5.64. The van der Waals surface area contributed by atoms with Gasteiger partial charge in [-0.2, -0.15) is 0 Å². The summed E-state index contributed by atoms with van der Waals surface area (Å²) in [6.45, 7) is 0. The maximum atomic E-state index is 14.7. The van der Waals surface area contributed by atoms with Crippen molar-refractivity contribution in [2.45, 2.75) is 4.90 Å². The molecule has 0 aliphatic carbocycles. The van der Waals surface area contributed by atoms with Crippen LogP contribution in [0, 0.1) is 23.5 Å². The molecular weight excluding hydrogens is 402 g/mol. The first kappa shape index (κ1) is 20.0. The molecule has 3 rings (SSSR count). The minimum atomic E-state index is -4.11. The quantitative estimate of drug-likeness (QED) is 0.633. The van der Waals surface area contributed by atoms with Gasteiger partial charge in [-0.05, 0) is 36.4 Å². The lowest BCUT2D eigenvalue weighted by Crippen LogP contribution is -2.14. The maximum absolute atomic E-state index is 14.7. The van der Waals surface area contributed by atoms with Gasteiger partial charge in [0.2, 0.25) is 5.95 Å². The van der Waals surface area contributed by atoms with Crippen molar-refractivity contribution in [2.75, 3.05) is 17.6 Å². The average molecular weight is 416 g/mol. The van der Waals surface area contributed by atoms with E-state index in [1.54, 1.807) is 0 Å². The molecule has 0 bridgehead atoms. The molecule has 1 heterocycles. The Hall–Kier alpha value is -3.71. The molecule has 0 spiro atoms. The molecule has 3 aromatic rings. The summed E-state index contributed by atoms with van der Waals surface area (Å²) < 4.78 is 60.8. The summed E-state index contributed by atoms with van der Waals surface area (Å²) in [6.07, 6.45) is 2.59. The van der Waals surface area contributed by atoms with Crippen LogP contribution in [0.1, 0.15) is 11.1 Å². The summed E-state index contributed by atoms with van der Waals surface area (Å²) in [5.41, 5.74) is 4.60. The van der Waals surface area contributed by atoms with E-state index in [1.807, 2.05) is 0 Å². The van der Waals surface area contributed by atoms with E-state index >= 15 is 0 Å². The standard InChI is InChI=1S/C19H14F2N4O3S/c1-28-13-3-5-14(6-4-13)29(26,27)25-17-9-8-16(20)15(18(17)21)7-2-12-10-23-19(22)24-11-12/h3-6,8-11,25H,1H3,(H2,22,23,24). The van der Waals surface area contributed by atoms with Gasteiger partial charge in [0, 0.05) is 12.4 Å². The molecule has 7 nitrogen and oxygen atoms in total. The summed E-state index contributed by atoms with van der Waals surface area (Å²) in [7, 11) is -2.67. The number of nitrogens with one attached hydrogen (secondary N) is 1. The van der Waals surface area contributed by atoms with Gasteiger partial charge in [0.25, 0.3) is 10.0 Å². The average Bonchev–Trinajstić information content (AvgIpc) is 2.71. The largest absolute Gasteiger partial charge is 0.497 e. The molecule has 0 radical (unpaired) electrons. The Balaban J connectivity index is 1.93. The van der Waals surface area contributed by atoms with Gasteiger partial charge in [-0.25, -0.2) is 27.2 Å². The van der Waals surface area contributed by atoms with E-state index in [-0.39, 0.29) is 16.4 Å². The van der Waals surface area contributed by atoms with E-state index in [2.05, 4.69) is 26.5 Å². The molecule has 29 heavy (non-hydrogen) atoms. The number of aromatic nitrogens is 2. The Kier molecular flexibility index (Phi) is 5.61. The molecule has 0 amide bonds. The first-order valence-electron chi connectivity index (χ1n) is 8.04. The van der Waals surface area contributed by atoms with Crippen LogP contribution in [0.25, 0.3) is 0 Å². The first-order valence-corrected chi connectivity index (χ1v) is 9.53. The van der Waals surface area contributed by atoms with E-state index in [9.17, 15) is 17.2 Å². The van der Waals surface area contributed by atoms with Crippen molar-refractivity contribution in [1.82, 2.24) is 9.97 Å². The smallest absolute Gasteiger partial charge is 0.261 e. The molecule has 148 valence electrons. The predicted molar refractivity (Wildman–Crippen MR) is 103 cm³/mol. The molecule has 0 saturated carbocycles. The molecule has 3 N–H and O–H groups in total. The van der Waals surface area contributed by atoms with Crippen LogP contribution in [-0.4, -0.2) is 25.5 Å². The van der Waals surface area contributed by atoms with E-state index in [4.69, 9.17) is 10.5 Å². The van der Waals surface area contributed by atoms with Crippen molar-refractivity contribution in [2.24, 2.45) is 0 Å². The number of nitrogens with zero attached hydrogens (tertiary/aromatic N) is 2. The number of hydrogen-bond acceptors (Lipinski definition) is 6. The number of hydrogen-bond donors (Lipinski definition) is 2. The fourth-order valence-corrected chi connectivity index (χ4v) is 3.30. The second-order valence-corrected chi connectivity index (χ2v) is 7.33. The van der Waals surface area contributed by atoms with E-state index in [0.717, 1.165) is 12.1 Å². The summed E-state index contributed by atoms with van der Waals surface area (Å²) in [5, 5.41) is 0. The molecule has 0 aliphatic heterocycles. The van der Waals surface area contributed by atoms with E-state index in [0.29, 0.717) is 5.75 Å². The number of nitrogen functional groups attached to an aromatic ring is 1. The Bertz CT molecular complexity index is 1200. The first-order chi connectivity index (χ1) is 13.8. The highest BCUT2D eigenvalue weighted by molar-refractivity contribution is 7.92. The van der Waals surface area contributed by atoms with Crippen LogP contribution in [0.5, 0.6) is 5.75 Å². The molecule has 0 unspecified atom stereocenters. The van der Waals surface area contributed by atoms with Crippen LogP contribution in [0.2, 0.25) is 0 Å². The molecule has 0 fully saturated rings. The highest BCUT2D eigenvalue weighted by atomic mass is 32.2. The van der Waals surface area contributed by atoms with Crippen molar-refractivity contribution in [3.8, 4) is 17.6 Å². The van der Waals surface area contributed by atoms with E-state index < -0.39 is 32.9 Å². The summed E-state index contributed by atoms with van der Waals surface area (Å²) in [4.78, 5) is 7.33. The Morgan fingerprint density at radius 1 is 1.03 bits per heavy atom. The minimum Gasteiger partial charge on any atom is -0.497 e. The van der Waals surface area contributed by atoms with Gasteiger partial charge in [-0.3, -0.25) is 4.72 Å². The topological polar surface area (TPSA) is 107 Å². The minimum absolute atomic E-state index is 0.0304. The molecular formula is C19H14F2N4O3S. The van der Waals surface area contributed by atoms with Crippen molar-refractivity contribution < 1.29 is 21.9 Å². The normalized spacial score (nSPS) is 10.7. The van der Waals surface area contributed by atoms with Gasteiger partial charge in [0.1, 0.15) is 11.6 Å². The van der Waals surface area contributed by atoms with E-state index in [1.165, 1.54) is 43.8 Å². The monoisotopic (exact) mass is 416 g/mol. The molecule has 0 saturated heterocycles. The van der Waals surface area contributed by atoms with Gasteiger partial charge in [0.15, 0.2) is 5.82 Å². The fourth-order valence-electron chi connectivity index (χ4n) is 2.24. The zero-order valence-corrected chi connectivity index (χ0v) is 15.8. The van der Waals surface area contributed by atoms with Crippen LogP contribution in [0.3, 0.4) is 0 Å².